The summed E-state index contributed by atoms with van der Waals surface area (Å²) in [5.41, 5.74) is 5.20. The van der Waals surface area contributed by atoms with Crippen LogP contribution in [0.15, 0.2) is 0 Å². The molecular weight excluding hydrogens is 176 g/mol. The molecule has 0 heterocycles. The lowest BCUT2D eigenvalue weighted by molar-refractivity contribution is -0.139. The maximum atomic E-state index is 12.0. The summed E-state index contributed by atoms with van der Waals surface area (Å²) in [4.78, 5) is 14.0. The van der Waals surface area contributed by atoms with Crippen LogP contribution in [0.1, 0.15) is 33.6 Å². The lowest BCUT2D eigenvalue weighted by Gasteiger charge is -2.30. The third-order valence-corrected chi connectivity index (χ3v) is 2.93. The van der Waals surface area contributed by atoms with E-state index >= 15 is 0 Å². The van der Waals surface area contributed by atoms with Crippen LogP contribution >= 0.6 is 0 Å². The van der Waals surface area contributed by atoms with Gasteiger partial charge in [0, 0.05) is 19.6 Å². The highest BCUT2D eigenvalue weighted by molar-refractivity contribution is 5.82. The number of hydrogen-bond acceptors (Lipinski definition) is 2. The molecule has 0 aliphatic heterocycles. The van der Waals surface area contributed by atoms with E-state index in [0.29, 0.717) is 6.54 Å². The Morgan fingerprint density at radius 1 is 1.50 bits per heavy atom. The van der Waals surface area contributed by atoms with Crippen molar-refractivity contribution in [3.05, 3.63) is 0 Å². The van der Waals surface area contributed by atoms with Gasteiger partial charge >= 0.3 is 0 Å². The van der Waals surface area contributed by atoms with Crippen LogP contribution in [0.25, 0.3) is 0 Å². The number of carbonyl (C=O) groups excluding carboxylic acids is 1. The van der Waals surface area contributed by atoms with Crippen LogP contribution in [0.2, 0.25) is 0 Å². The smallest absolute Gasteiger partial charge is 0.229 e. The van der Waals surface area contributed by atoms with Crippen molar-refractivity contribution < 1.29 is 4.79 Å². The third-order valence-electron chi connectivity index (χ3n) is 2.93. The fourth-order valence-corrected chi connectivity index (χ4v) is 1.48. The Morgan fingerprint density at radius 3 is 2.43 bits per heavy atom. The normalized spacial score (nSPS) is 16.9. The summed E-state index contributed by atoms with van der Waals surface area (Å²) in [5.74, 6) is 0.960. The first-order valence-electron chi connectivity index (χ1n) is 5.50. The molecule has 0 aromatic carbocycles. The zero-order chi connectivity index (χ0) is 10.8. The van der Waals surface area contributed by atoms with Gasteiger partial charge in [0.1, 0.15) is 0 Å². The van der Waals surface area contributed by atoms with Gasteiger partial charge in [0.25, 0.3) is 0 Å². The van der Waals surface area contributed by atoms with Gasteiger partial charge in [0.05, 0.1) is 5.41 Å². The van der Waals surface area contributed by atoms with Gasteiger partial charge in [-0.25, -0.2) is 0 Å². The summed E-state index contributed by atoms with van der Waals surface area (Å²) in [6.07, 6.45) is 2.57. The van der Waals surface area contributed by atoms with Gasteiger partial charge in [0.15, 0.2) is 0 Å². The molecule has 0 saturated heterocycles. The van der Waals surface area contributed by atoms with Crippen LogP contribution in [0.4, 0.5) is 0 Å². The van der Waals surface area contributed by atoms with Gasteiger partial charge < -0.3 is 10.6 Å². The second kappa shape index (κ2) is 4.30. The lowest BCUT2D eigenvalue weighted by atomic mass is 9.91. The van der Waals surface area contributed by atoms with Crippen molar-refractivity contribution in [1.82, 2.24) is 4.90 Å². The van der Waals surface area contributed by atoms with Crippen LogP contribution < -0.4 is 5.73 Å². The van der Waals surface area contributed by atoms with E-state index in [1.54, 1.807) is 0 Å². The Morgan fingerprint density at radius 2 is 2.07 bits per heavy atom. The molecule has 1 aliphatic rings. The first-order valence-corrected chi connectivity index (χ1v) is 5.50. The number of rotatable bonds is 5. The van der Waals surface area contributed by atoms with Crippen molar-refractivity contribution >= 4 is 5.91 Å². The van der Waals surface area contributed by atoms with Crippen molar-refractivity contribution in [2.75, 3.05) is 19.6 Å². The highest BCUT2D eigenvalue weighted by Gasteiger charge is 2.33. The molecule has 0 unspecified atom stereocenters. The molecule has 82 valence electrons. The SMILES string of the molecule is CCN(CC1CC1)C(=O)C(C)(C)CN. The molecule has 0 spiro atoms. The first-order chi connectivity index (χ1) is 6.51. The van der Waals surface area contributed by atoms with Crippen molar-refractivity contribution in [3.8, 4) is 0 Å². The van der Waals surface area contributed by atoms with Crippen LogP contribution in [0, 0.1) is 11.3 Å². The highest BCUT2D eigenvalue weighted by atomic mass is 16.2. The maximum absolute atomic E-state index is 12.0. The number of nitrogens with two attached hydrogens (primary N) is 1. The predicted molar refractivity (Wildman–Crippen MR) is 57.8 cm³/mol. The summed E-state index contributed by atoms with van der Waals surface area (Å²) in [6.45, 7) is 8.03. The van der Waals surface area contributed by atoms with Crippen LogP contribution in [0.3, 0.4) is 0 Å². The first kappa shape index (κ1) is 11.5. The monoisotopic (exact) mass is 198 g/mol. The number of carbonyl (C=O) groups is 1. The standard InChI is InChI=1S/C11H22N2O/c1-4-13(7-9-5-6-9)10(14)11(2,3)8-12/h9H,4-8,12H2,1-3H3. The summed E-state index contributed by atoms with van der Waals surface area (Å²) >= 11 is 0. The largest absolute Gasteiger partial charge is 0.342 e. The molecule has 14 heavy (non-hydrogen) atoms. The lowest BCUT2D eigenvalue weighted by Crippen LogP contribution is -2.45. The molecule has 3 heteroatoms. The minimum absolute atomic E-state index is 0.203. The van der Waals surface area contributed by atoms with Gasteiger partial charge in [-0.15, -0.1) is 0 Å². The van der Waals surface area contributed by atoms with E-state index < -0.39 is 5.41 Å². The second-order valence-corrected chi connectivity index (χ2v) is 4.88. The zero-order valence-corrected chi connectivity index (χ0v) is 9.55. The highest BCUT2D eigenvalue weighted by Crippen LogP contribution is 2.30. The zero-order valence-electron chi connectivity index (χ0n) is 9.55. The van der Waals surface area contributed by atoms with Gasteiger partial charge in [-0.3, -0.25) is 4.79 Å². The summed E-state index contributed by atoms with van der Waals surface area (Å²) in [7, 11) is 0. The van der Waals surface area contributed by atoms with E-state index in [4.69, 9.17) is 5.73 Å². The topological polar surface area (TPSA) is 46.3 Å². The molecule has 3 nitrogen and oxygen atoms in total. The summed E-state index contributed by atoms with van der Waals surface area (Å²) < 4.78 is 0. The molecule has 0 aromatic rings. The molecule has 1 saturated carbocycles. The van der Waals surface area contributed by atoms with E-state index in [2.05, 4.69) is 0 Å². The summed E-state index contributed by atoms with van der Waals surface area (Å²) in [6, 6.07) is 0. The van der Waals surface area contributed by atoms with Crippen molar-refractivity contribution in [2.45, 2.75) is 33.6 Å². The molecule has 0 radical (unpaired) electrons. The van der Waals surface area contributed by atoms with E-state index in [-0.39, 0.29) is 5.91 Å². The fourth-order valence-electron chi connectivity index (χ4n) is 1.48. The van der Waals surface area contributed by atoms with Gasteiger partial charge in [0.2, 0.25) is 5.91 Å². The Hall–Kier alpha value is -0.570. The fraction of sp³-hybridized carbons (Fsp3) is 0.909. The molecule has 1 amide bonds. The van der Waals surface area contributed by atoms with Crippen LogP contribution in [0.5, 0.6) is 0 Å². The minimum Gasteiger partial charge on any atom is -0.342 e. The van der Waals surface area contributed by atoms with Gasteiger partial charge in [-0.05, 0) is 39.5 Å². The minimum atomic E-state index is -0.398. The molecular formula is C11H22N2O. The Bertz CT molecular complexity index is 209. The van der Waals surface area contributed by atoms with Crippen molar-refractivity contribution in [2.24, 2.45) is 17.1 Å². The maximum Gasteiger partial charge on any atom is 0.229 e. The quantitative estimate of drug-likeness (QED) is 0.722. The molecule has 0 bridgehead atoms. The number of amides is 1. The second-order valence-electron chi connectivity index (χ2n) is 4.88. The molecule has 2 N–H and O–H groups in total. The number of nitrogens with zero attached hydrogens (tertiary/aromatic N) is 1. The predicted octanol–water partition coefficient (Wildman–Crippen LogP) is 1.23. The summed E-state index contributed by atoms with van der Waals surface area (Å²) in [5, 5.41) is 0. The van der Waals surface area contributed by atoms with Crippen molar-refractivity contribution in [3.63, 3.8) is 0 Å². The number of hydrogen-bond donors (Lipinski definition) is 1. The van der Waals surface area contributed by atoms with Gasteiger partial charge in [-0.2, -0.15) is 0 Å². The van der Waals surface area contributed by atoms with Crippen molar-refractivity contribution in [1.29, 1.82) is 0 Å². The average Bonchev–Trinajstić information content (AvgIpc) is 2.96. The Kier molecular flexibility index (Phi) is 3.53. The van der Waals surface area contributed by atoms with Gasteiger partial charge in [-0.1, -0.05) is 0 Å². The average molecular weight is 198 g/mol. The molecule has 1 aliphatic carbocycles. The van der Waals surface area contributed by atoms with E-state index in [1.807, 2.05) is 25.7 Å². The van der Waals surface area contributed by atoms with E-state index in [9.17, 15) is 4.79 Å². The molecule has 0 atom stereocenters. The van der Waals surface area contributed by atoms with Crippen LogP contribution in [-0.2, 0) is 4.79 Å². The molecule has 1 rings (SSSR count). The molecule has 0 aromatic heterocycles. The third kappa shape index (κ3) is 2.71. The van der Waals surface area contributed by atoms with E-state index in [1.165, 1.54) is 12.8 Å². The Labute approximate surface area is 86.6 Å². The molecule has 1 fully saturated rings. The van der Waals surface area contributed by atoms with Crippen LogP contribution in [-0.4, -0.2) is 30.4 Å². The van der Waals surface area contributed by atoms with E-state index in [0.717, 1.165) is 19.0 Å². The Balaban J connectivity index is 2.53.